The molecular weight excluding hydrogens is 399 g/mol. The summed E-state index contributed by atoms with van der Waals surface area (Å²) in [5.41, 5.74) is 11.9. The fourth-order valence-electron chi connectivity index (χ4n) is 3.64. The van der Waals surface area contributed by atoms with Gasteiger partial charge in [-0.05, 0) is 74.3 Å². The van der Waals surface area contributed by atoms with Gasteiger partial charge in [-0.25, -0.2) is 9.97 Å². The number of nitrogens with zero attached hydrogens (tertiary/aromatic N) is 4. The predicted molar refractivity (Wildman–Crippen MR) is 116 cm³/mol. The van der Waals surface area contributed by atoms with Gasteiger partial charge in [-0.2, -0.15) is 0 Å². The maximum absolute atomic E-state index is 4.84. The van der Waals surface area contributed by atoms with Gasteiger partial charge in [-0.1, -0.05) is 24.3 Å². The Morgan fingerprint density at radius 2 is 0.724 bits per heavy atom. The molecule has 2 aliphatic heterocycles. The Morgan fingerprint density at radius 3 is 0.966 bits per heavy atom. The Kier molecular flexibility index (Phi) is 4.81. The molecule has 0 spiro atoms. The van der Waals surface area contributed by atoms with E-state index < -0.39 is 0 Å². The molecule has 0 aromatic carbocycles. The molecule has 8 bridgehead atoms. The van der Waals surface area contributed by atoms with Gasteiger partial charge >= 0.3 is 17.1 Å². The van der Waals surface area contributed by atoms with Crippen LogP contribution < -0.4 is 9.97 Å². The fourth-order valence-corrected chi connectivity index (χ4v) is 3.64. The molecule has 3 aromatic heterocycles. The third-order valence-corrected chi connectivity index (χ3v) is 5.63. The smallest absolute Gasteiger partial charge is 0.657 e. The van der Waals surface area contributed by atoms with Crippen LogP contribution in [0.25, 0.3) is 46.4 Å². The van der Waals surface area contributed by atoms with E-state index in [9.17, 15) is 0 Å². The monoisotopic (exact) mass is 419 g/mol. The van der Waals surface area contributed by atoms with Gasteiger partial charge < -0.3 is 9.97 Å². The zero-order valence-corrected chi connectivity index (χ0v) is 18.0. The number of fused-ring (bicyclic) bond motifs is 8. The van der Waals surface area contributed by atoms with Crippen molar-refractivity contribution in [2.75, 3.05) is 0 Å². The Morgan fingerprint density at radius 1 is 0.483 bits per heavy atom. The van der Waals surface area contributed by atoms with E-state index in [1.165, 1.54) is 0 Å². The van der Waals surface area contributed by atoms with E-state index in [1.807, 2.05) is 0 Å². The molecular formula is C24H20MnN4. The number of aryl methyl sites for hydroxylation is 4. The van der Waals surface area contributed by atoms with Crippen molar-refractivity contribution < 1.29 is 17.1 Å². The first-order valence-corrected chi connectivity index (χ1v) is 9.43. The van der Waals surface area contributed by atoms with E-state index in [0.29, 0.717) is 0 Å². The van der Waals surface area contributed by atoms with Gasteiger partial charge in [0.05, 0.1) is 22.8 Å². The van der Waals surface area contributed by atoms with Crippen LogP contribution >= 0.6 is 0 Å². The molecule has 0 unspecified atom stereocenters. The van der Waals surface area contributed by atoms with E-state index >= 15 is 0 Å². The molecule has 0 saturated heterocycles. The van der Waals surface area contributed by atoms with E-state index in [0.717, 1.165) is 67.1 Å². The molecule has 5 heteroatoms. The van der Waals surface area contributed by atoms with Crippen molar-refractivity contribution in [1.82, 2.24) is 19.9 Å². The van der Waals surface area contributed by atoms with E-state index in [1.54, 1.807) is 0 Å². The standard InChI is InChI=1S/C24H20N4.Mn/c1-13-17-5-7-19(25-17)14(2)21-9-11-23(27-21)16(4)24-12-10-22(28-24)15(3)20-8-6-18(13)26-20;/h5-12H,1-4H3;/q-2;+2. The van der Waals surface area contributed by atoms with Gasteiger partial charge in [0.25, 0.3) is 0 Å². The molecule has 0 fully saturated rings. The van der Waals surface area contributed by atoms with Gasteiger partial charge in [0.15, 0.2) is 0 Å². The van der Waals surface area contributed by atoms with Crippen LogP contribution in [0.3, 0.4) is 0 Å². The Hall–Kier alpha value is -2.88. The third kappa shape index (κ3) is 3.17. The topological polar surface area (TPSA) is 54.0 Å². The third-order valence-electron chi connectivity index (χ3n) is 5.63. The first-order chi connectivity index (χ1) is 13.5. The molecule has 5 rings (SSSR count). The average molecular weight is 419 g/mol. The second kappa shape index (κ2) is 7.18. The molecule has 1 radical (unpaired) electrons. The van der Waals surface area contributed by atoms with Crippen LogP contribution in [0.15, 0.2) is 24.3 Å². The number of aromatic nitrogens is 4. The molecule has 0 atom stereocenters. The molecule has 4 nitrogen and oxygen atoms in total. The first-order valence-electron chi connectivity index (χ1n) is 9.43. The van der Waals surface area contributed by atoms with Gasteiger partial charge in [0, 0.05) is 0 Å². The summed E-state index contributed by atoms with van der Waals surface area (Å²) >= 11 is 0. The van der Waals surface area contributed by atoms with Crippen molar-refractivity contribution in [3.8, 4) is 0 Å². The zero-order chi connectivity index (χ0) is 19.4. The maximum atomic E-state index is 4.84. The molecule has 29 heavy (non-hydrogen) atoms. The Balaban J connectivity index is 0.00000205. The fraction of sp³-hybridized carbons (Fsp3) is 0.167. The molecule has 2 aliphatic rings. The molecule has 143 valence electrons. The second-order valence-corrected chi connectivity index (χ2v) is 7.36. The Bertz CT molecular complexity index is 1150. The number of rotatable bonds is 0. The van der Waals surface area contributed by atoms with Crippen LogP contribution in [0.2, 0.25) is 0 Å². The second-order valence-electron chi connectivity index (χ2n) is 7.36. The van der Waals surface area contributed by atoms with Crippen molar-refractivity contribution in [1.29, 1.82) is 0 Å². The normalized spacial score (nSPS) is 12.3. The van der Waals surface area contributed by atoms with Gasteiger partial charge in [0.2, 0.25) is 0 Å². The molecule has 0 aliphatic carbocycles. The average Bonchev–Trinajstić information content (AvgIpc) is 3.49. The summed E-state index contributed by atoms with van der Waals surface area (Å²) in [6.07, 6.45) is 8.23. The van der Waals surface area contributed by atoms with Crippen LogP contribution in [-0.2, 0) is 17.1 Å². The van der Waals surface area contributed by atoms with Crippen molar-refractivity contribution in [2.45, 2.75) is 27.7 Å². The minimum Gasteiger partial charge on any atom is -0.657 e. The number of hydrogen-bond acceptors (Lipinski definition) is 2. The van der Waals surface area contributed by atoms with Crippen LogP contribution in [0.4, 0.5) is 0 Å². The molecule has 3 aromatic rings. The van der Waals surface area contributed by atoms with E-state index in [2.05, 4.69) is 76.3 Å². The van der Waals surface area contributed by atoms with Gasteiger partial charge in [-0.15, -0.1) is 22.1 Å². The minimum absolute atomic E-state index is 0. The number of hydrogen-bond donors (Lipinski definition) is 0. The summed E-state index contributed by atoms with van der Waals surface area (Å²) in [5, 5.41) is 0. The van der Waals surface area contributed by atoms with Crippen molar-refractivity contribution in [2.24, 2.45) is 0 Å². The van der Waals surface area contributed by atoms with Gasteiger partial charge in [0.1, 0.15) is 0 Å². The summed E-state index contributed by atoms with van der Waals surface area (Å²) in [5.74, 6) is 0. The molecule has 0 saturated carbocycles. The maximum Gasteiger partial charge on any atom is 2.00 e. The summed E-state index contributed by atoms with van der Waals surface area (Å²) in [7, 11) is 0. The summed E-state index contributed by atoms with van der Waals surface area (Å²) in [6.45, 7) is 8.29. The van der Waals surface area contributed by atoms with Crippen molar-refractivity contribution in [3.05, 3.63) is 69.3 Å². The van der Waals surface area contributed by atoms with Crippen LogP contribution in [0.1, 0.15) is 45.0 Å². The van der Waals surface area contributed by atoms with Crippen molar-refractivity contribution in [3.63, 3.8) is 0 Å². The van der Waals surface area contributed by atoms with Crippen LogP contribution in [0, 0.1) is 27.7 Å². The SMILES string of the molecule is Cc1c2nc(c(C)c3ccc([n-]3)c(C)c3nc(c(C)c4ccc1[n-]4)C=C3)C=C2.[Mn+2]. The summed E-state index contributed by atoms with van der Waals surface area (Å²) in [4.78, 5) is 19.4. The summed E-state index contributed by atoms with van der Waals surface area (Å²) < 4.78 is 0. The minimum atomic E-state index is 0. The van der Waals surface area contributed by atoms with E-state index in [4.69, 9.17) is 19.9 Å². The first kappa shape index (κ1) is 19.4. The largest absolute Gasteiger partial charge is 2.00 e. The van der Waals surface area contributed by atoms with Gasteiger partial charge in [-0.3, -0.25) is 0 Å². The molecule has 0 N–H and O–H groups in total. The molecule has 5 heterocycles. The quantitative estimate of drug-likeness (QED) is 0.326. The Labute approximate surface area is 180 Å². The molecule has 0 amide bonds. The van der Waals surface area contributed by atoms with Crippen LogP contribution in [-0.4, -0.2) is 9.97 Å². The van der Waals surface area contributed by atoms with E-state index in [-0.39, 0.29) is 17.1 Å². The predicted octanol–water partition coefficient (Wildman–Crippen LogP) is 5.14. The van der Waals surface area contributed by atoms with Crippen molar-refractivity contribution >= 4 is 46.4 Å². The summed E-state index contributed by atoms with van der Waals surface area (Å²) in [6, 6.07) is 8.23. The van der Waals surface area contributed by atoms with Crippen LogP contribution in [0.5, 0.6) is 0 Å². The zero-order valence-electron chi connectivity index (χ0n) is 16.8.